The molecule has 0 bridgehead atoms. The maximum Gasteiger partial charge on any atom is 0.0634 e. The van der Waals surface area contributed by atoms with Crippen LogP contribution in [0.25, 0.3) is 10.8 Å². The number of rotatable bonds is 2. The molecule has 3 rings (SSSR count). The fourth-order valence-electron chi connectivity index (χ4n) is 2.19. The number of aromatic nitrogens is 1. The molecule has 106 valence electrons. The number of hydrogen-bond donors (Lipinski definition) is 2. The summed E-state index contributed by atoms with van der Waals surface area (Å²) in [6.07, 6.45) is 3.54. The first-order valence-electron chi connectivity index (χ1n) is 6.41. The van der Waals surface area contributed by atoms with Gasteiger partial charge in [-0.3, -0.25) is 4.98 Å². The highest BCUT2D eigenvalue weighted by Crippen LogP contribution is 2.35. The van der Waals surface area contributed by atoms with Crippen molar-refractivity contribution < 1.29 is 0 Å². The number of halogens is 2. The Morgan fingerprint density at radius 2 is 2.00 bits per heavy atom. The molecule has 0 atom stereocenters. The van der Waals surface area contributed by atoms with E-state index in [1.807, 2.05) is 37.3 Å². The molecule has 3 N–H and O–H groups in total. The number of aryl methyl sites for hydroxylation is 1. The molecular formula is C16H13BrClN3. The number of fused-ring (bicyclic) bond motifs is 1. The molecule has 0 radical (unpaired) electrons. The lowest BCUT2D eigenvalue weighted by atomic mass is 10.1. The molecule has 1 aromatic heterocycles. The number of nitrogen functional groups attached to an aromatic ring is 1. The monoisotopic (exact) mass is 361 g/mol. The molecule has 2 aromatic carbocycles. The number of nitrogens with one attached hydrogen (secondary N) is 1. The minimum absolute atomic E-state index is 0.693. The first-order chi connectivity index (χ1) is 10.1. The van der Waals surface area contributed by atoms with Gasteiger partial charge >= 0.3 is 0 Å². The van der Waals surface area contributed by atoms with Crippen molar-refractivity contribution in [2.45, 2.75) is 6.92 Å². The summed E-state index contributed by atoms with van der Waals surface area (Å²) in [4.78, 5) is 4.10. The molecule has 1 heterocycles. The topological polar surface area (TPSA) is 50.9 Å². The molecule has 0 saturated carbocycles. The van der Waals surface area contributed by atoms with Crippen LogP contribution in [0.5, 0.6) is 0 Å². The Morgan fingerprint density at radius 1 is 1.19 bits per heavy atom. The molecule has 0 amide bonds. The van der Waals surface area contributed by atoms with Gasteiger partial charge in [0.05, 0.1) is 17.1 Å². The van der Waals surface area contributed by atoms with Crippen molar-refractivity contribution in [2.24, 2.45) is 0 Å². The second-order valence-corrected chi connectivity index (χ2v) is 6.09. The Bertz CT molecular complexity index is 833. The van der Waals surface area contributed by atoms with Crippen LogP contribution in [-0.2, 0) is 0 Å². The van der Waals surface area contributed by atoms with Gasteiger partial charge in [0.1, 0.15) is 0 Å². The fraction of sp³-hybridized carbons (Fsp3) is 0.0625. The SMILES string of the molecule is Cc1cc(Br)c(Nc2ccc3cnccc3c2N)cc1Cl. The van der Waals surface area contributed by atoms with Gasteiger partial charge in [-0.2, -0.15) is 0 Å². The summed E-state index contributed by atoms with van der Waals surface area (Å²) in [5, 5.41) is 6.03. The van der Waals surface area contributed by atoms with Crippen LogP contribution in [0, 0.1) is 6.92 Å². The second kappa shape index (κ2) is 5.54. The van der Waals surface area contributed by atoms with Crippen molar-refractivity contribution in [2.75, 3.05) is 11.1 Å². The van der Waals surface area contributed by atoms with Crippen molar-refractivity contribution in [3.05, 3.63) is 57.8 Å². The van der Waals surface area contributed by atoms with Crippen LogP contribution < -0.4 is 11.1 Å². The van der Waals surface area contributed by atoms with E-state index in [1.165, 1.54) is 0 Å². The molecule has 21 heavy (non-hydrogen) atoms. The van der Waals surface area contributed by atoms with Gasteiger partial charge in [0.25, 0.3) is 0 Å². The third-order valence-corrected chi connectivity index (χ3v) is 4.44. The van der Waals surface area contributed by atoms with E-state index in [-0.39, 0.29) is 0 Å². The number of nitrogens with zero attached hydrogens (tertiary/aromatic N) is 1. The van der Waals surface area contributed by atoms with Crippen LogP contribution in [0.2, 0.25) is 5.02 Å². The Hall–Kier alpha value is -1.78. The Balaban J connectivity index is 2.06. The molecule has 0 spiro atoms. The molecule has 0 aliphatic rings. The average molecular weight is 363 g/mol. The van der Waals surface area contributed by atoms with Gasteiger partial charge < -0.3 is 11.1 Å². The highest BCUT2D eigenvalue weighted by Gasteiger charge is 2.08. The van der Waals surface area contributed by atoms with E-state index < -0.39 is 0 Å². The molecule has 3 aromatic rings. The zero-order valence-electron chi connectivity index (χ0n) is 11.3. The molecule has 0 aliphatic carbocycles. The Kier molecular flexibility index (Phi) is 3.74. The van der Waals surface area contributed by atoms with Gasteiger partial charge in [-0.15, -0.1) is 0 Å². The lowest BCUT2D eigenvalue weighted by molar-refractivity contribution is 1.36. The Labute approximate surface area is 136 Å². The van der Waals surface area contributed by atoms with Crippen LogP contribution >= 0.6 is 27.5 Å². The number of anilines is 3. The predicted molar refractivity (Wildman–Crippen MR) is 93.3 cm³/mol. The van der Waals surface area contributed by atoms with Crippen LogP contribution in [0.3, 0.4) is 0 Å². The smallest absolute Gasteiger partial charge is 0.0634 e. The number of pyridine rings is 1. The summed E-state index contributed by atoms with van der Waals surface area (Å²) in [7, 11) is 0. The van der Waals surface area contributed by atoms with Gasteiger partial charge in [-0.25, -0.2) is 0 Å². The second-order valence-electron chi connectivity index (χ2n) is 4.83. The maximum absolute atomic E-state index is 6.25. The van der Waals surface area contributed by atoms with Crippen LogP contribution in [-0.4, -0.2) is 4.98 Å². The third-order valence-electron chi connectivity index (χ3n) is 3.38. The van der Waals surface area contributed by atoms with Crippen molar-refractivity contribution >= 4 is 55.4 Å². The van der Waals surface area contributed by atoms with E-state index in [4.69, 9.17) is 17.3 Å². The van der Waals surface area contributed by atoms with Crippen LogP contribution in [0.1, 0.15) is 5.56 Å². The van der Waals surface area contributed by atoms with Gasteiger partial charge in [0.2, 0.25) is 0 Å². The molecule has 5 heteroatoms. The van der Waals surface area contributed by atoms with E-state index in [9.17, 15) is 0 Å². The lowest BCUT2D eigenvalue weighted by Gasteiger charge is -2.14. The fourth-order valence-corrected chi connectivity index (χ4v) is 2.91. The first-order valence-corrected chi connectivity index (χ1v) is 7.58. The minimum Gasteiger partial charge on any atom is -0.397 e. The highest BCUT2D eigenvalue weighted by molar-refractivity contribution is 9.10. The van der Waals surface area contributed by atoms with Crippen molar-refractivity contribution in [3.63, 3.8) is 0 Å². The standard InChI is InChI=1S/C16H13BrClN3/c1-9-6-12(17)15(7-13(9)18)21-14-3-2-10-8-20-5-4-11(10)16(14)19/h2-8,21H,19H2,1H3. The van der Waals surface area contributed by atoms with Crippen molar-refractivity contribution in [1.29, 1.82) is 0 Å². The van der Waals surface area contributed by atoms with Crippen molar-refractivity contribution in [3.8, 4) is 0 Å². The quantitative estimate of drug-likeness (QED) is 0.609. The summed E-state index contributed by atoms with van der Waals surface area (Å²) in [6, 6.07) is 9.71. The largest absolute Gasteiger partial charge is 0.397 e. The van der Waals surface area contributed by atoms with E-state index >= 15 is 0 Å². The summed E-state index contributed by atoms with van der Waals surface area (Å²) in [6.45, 7) is 1.97. The molecule has 0 unspecified atom stereocenters. The highest BCUT2D eigenvalue weighted by atomic mass is 79.9. The molecule has 0 fully saturated rings. The maximum atomic E-state index is 6.25. The zero-order valence-corrected chi connectivity index (χ0v) is 13.7. The third kappa shape index (κ3) is 2.69. The summed E-state index contributed by atoms with van der Waals surface area (Å²) in [5.74, 6) is 0. The van der Waals surface area contributed by atoms with Gasteiger partial charge in [0.15, 0.2) is 0 Å². The van der Waals surface area contributed by atoms with E-state index in [1.54, 1.807) is 12.4 Å². The normalized spacial score (nSPS) is 10.8. The van der Waals surface area contributed by atoms with E-state index in [2.05, 4.69) is 26.2 Å². The van der Waals surface area contributed by atoms with E-state index in [0.717, 1.165) is 32.2 Å². The summed E-state index contributed by atoms with van der Waals surface area (Å²) < 4.78 is 0.943. The van der Waals surface area contributed by atoms with Crippen LogP contribution in [0.15, 0.2) is 47.2 Å². The molecular weight excluding hydrogens is 350 g/mol. The summed E-state index contributed by atoms with van der Waals surface area (Å²) >= 11 is 9.73. The van der Waals surface area contributed by atoms with Gasteiger partial charge in [0, 0.05) is 32.7 Å². The average Bonchev–Trinajstić information content (AvgIpc) is 2.48. The van der Waals surface area contributed by atoms with Gasteiger partial charge in [-0.05, 0) is 52.7 Å². The predicted octanol–water partition coefficient (Wildman–Crippen LogP) is 5.28. The van der Waals surface area contributed by atoms with Crippen LogP contribution in [0.4, 0.5) is 17.1 Å². The number of benzene rings is 2. The first kappa shape index (κ1) is 14.2. The van der Waals surface area contributed by atoms with E-state index in [0.29, 0.717) is 10.7 Å². The minimum atomic E-state index is 0.693. The van der Waals surface area contributed by atoms with Gasteiger partial charge in [-0.1, -0.05) is 17.7 Å². The lowest BCUT2D eigenvalue weighted by Crippen LogP contribution is -1.98. The van der Waals surface area contributed by atoms with Crippen molar-refractivity contribution in [1.82, 2.24) is 4.98 Å². The summed E-state index contributed by atoms with van der Waals surface area (Å²) in [5.41, 5.74) is 9.68. The molecule has 0 saturated heterocycles. The number of hydrogen-bond acceptors (Lipinski definition) is 3. The zero-order chi connectivity index (χ0) is 15.0. The molecule has 3 nitrogen and oxygen atoms in total. The Morgan fingerprint density at radius 3 is 2.81 bits per heavy atom. The molecule has 0 aliphatic heterocycles. The number of nitrogens with two attached hydrogens (primary N) is 1.